The summed E-state index contributed by atoms with van der Waals surface area (Å²) in [5, 5.41) is 23.9. The van der Waals surface area contributed by atoms with Crippen LogP contribution in [0.1, 0.15) is 37.7 Å². The van der Waals surface area contributed by atoms with Gasteiger partial charge in [0.25, 0.3) is 0 Å². The van der Waals surface area contributed by atoms with Crippen molar-refractivity contribution in [3.63, 3.8) is 0 Å². The molecule has 3 N–H and O–H groups in total. The van der Waals surface area contributed by atoms with E-state index in [1.165, 1.54) is 18.4 Å². The molecule has 3 nitrogen and oxygen atoms in total. The SMILES string of the molecule is Oc1ccc(CC2NCCC3CCCCC32O)cc1. The fourth-order valence-corrected chi connectivity index (χ4v) is 3.83. The Morgan fingerprint density at radius 3 is 2.74 bits per heavy atom. The molecule has 0 radical (unpaired) electrons. The first-order valence-corrected chi connectivity index (χ1v) is 7.42. The number of nitrogens with one attached hydrogen (secondary N) is 1. The quantitative estimate of drug-likeness (QED) is 0.765. The second-order valence-corrected chi connectivity index (χ2v) is 6.10. The molecule has 1 aromatic carbocycles. The van der Waals surface area contributed by atoms with E-state index in [9.17, 15) is 10.2 Å². The first kappa shape index (κ1) is 12.9. The van der Waals surface area contributed by atoms with Crippen LogP contribution in [-0.2, 0) is 6.42 Å². The minimum Gasteiger partial charge on any atom is -0.508 e. The summed E-state index contributed by atoms with van der Waals surface area (Å²) in [5.41, 5.74) is 0.643. The monoisotopic (exact) mass is 261 g/mol. The van der Waals surface area contributed by atoms with Gasteiger partial charge in [-0.3, -0.25) is 0 Å². The predicted octanol–water partition coefficient (Wildman–Crippen LogP) is 2.22. The maximum Gasteiger partial charge on any atom is 0.115 e. The van der Waals surface area contributed by atoms with E-state index in [1.54, 1.807) is 12.1 Å². The molecule has 0 amide bonds. The highest BCUT2D eigenvalue weighted by atomic mass is 16.3. The van der Waals surface area contributed by atoms with Crippen molar-refractivity contribution >= 4 is 0 Å². The van der Waals surface area contributed by atoms with Gasteiger partial charge in [0, 0.05) is 6.04 Å². The summed E-state index contributed by atoms with van der Waals surface area (Å²) in [6, 6.07) is 7.50. The molecular formula is C16H23NO2. The van der Waals surface area contributed by atoms with Crippen molar-refractivity contribution in [1.82, 2.24) is 5.32 Å². The molecule has 0 bridgehead atoms. The highest BCUT2D eigenvalue weighted by molar-refractivity contribution is 5.27. The summed E-state index contributed by atoms with van der Waals surface area (Å²) in [5.74, 6) is 0.763. The standard InChI is InChI=1S/C16H23NO2/c18-14-6-4-12(5-7-14)11-15-16(19)9-2-1-3-13(16)8-10-17-15/h4-7,13,15,17-19H,1-3,8-11H2. The molecule has 0 spiro atoms. The zero-order valence-electron chi connectivity index (χ0n) is 11.3. The van der Waals surface area contributed by atoms with E-state index in [-0.39, 0.29) is 6.04 Å². The van der Waals surface area contributed by atoms with Crippen LogP contribution in [0.25, 0.3) is 0 Å². The van der Waals surface area contributed by atoms with Gasteiger partial charge in [0.2, 0.25) is 0 Å². The van der Waals surface area contributed by atoms with Gasteiger partial charge in [-0.15, -0.1) is 0 Å². The van der Waals surface area contributed by atoms with Gasteiger partial charge in [-0.05, 0) is 55.8 Å². The van der Waals surface area contributed by atoms with Crippen LogP contribution in [-0.4, -0.2) is 28.4 Å². The third-order valence-electron chi connectivity index (χ3n) is 4.95. The topological polar surface area (TPSA) is 52.5 Å². The Kier molecular flexibility index (Phi) is 3.50. The van der Waals surface area contributed by atoms with Gasteiger partial charge in [0.1, 0.15) is 5.75 Å². The van der Waals surface area contributed by atoms with E-state index in [0.717, 1.165) is 32.2 Å². The summed E-state index contributed by atoms with van der Waals surface area (Å²) in [6.07, 6.45) is 6.44. The summed E-state index contributed by atoms with van der Waals surface area (Å²) < 4.78 is 0. The molecule has 104 valence electrons. The molecule has 1 saturated heterocycles. The fraction of sp³-hybridized carbons (Fsp3) is 0.625. The zero-order valence-corrected chi connectivity index (χ0v) is 11.3. The van der Waals surface area contributed by atoms with Gasteiger partial charge in [-0.25, -0.2) is 0 Å². The second-order valence-electron chi connectivity index (χ2n) is 6.10. The van der Waals surface area contributed by atoms with Crippen molar-refractivity contribution in [3.05, 3.63) is 29.8 Å². The van der Waals surface area contributed by atoms with Crippen molar-refractivity contribution in [3.8, 4) is 5.75 Å². The number of hydrogen-bond acceptors (Lipinski definition) is 3. The Bertz CT molecular complexity index is 429. The van der Waals surface area contributed by atoms with E-state index in [2.05, 4.69) is 5.32 Å². The van der Waals surface area contributed by atoms with Crippen molar-refractivity contribution < 1.29 is 10.2 Å². The average molecular weight is 261 g/mol. The number of aliphatic hydroxyl groups is 1. The van der Waals surface area contributed by atoms with Crippen molar-refractivity contribution in [1.29, 1.82) is 0 Å². The first-order chi connectivity index (χ1) is 9.18. The van der Waals surface area contributed by atoms with Crippen molar-refractivity contribution in [2.45, 2.75) is 50.2 Å². The van der Waals surface area contributed by atoms with Gasteiger partial charge >= 0.3 is 0 Å². The molecule has 3 heteroatoms. The van der Waals surface area contributed by atoms with Crippen LogP contribution < -0.4 is 5.32 Å². The Hall–Kier alpha value is -1.06. The maximum atomic E-state index is 11.1. The normalized spacial score (nSPS) is 34.8. The fourth-order valence-electron chi connectivity index (χ4n) is 3.83. The van der Waals surface area contributed by atoms with Crippen LogP contribution in [0, 0.1) is 5.92 Å². The lowest BCUT2D eigenvalue weighted by Crippen LogP contribution is -2.61. The lowest BCUT2D eigenvalue weighted by atomic mass is 9.67. The molecule has 2 aliphatic rings. The highest BCUT2D eigenvalue weighted by Gasteiger charge is 2.46. The van der Waals surface area contributed by atoms with Crippen LogP contribution in [0.4, 0.5) is 0 Å². The summed E-state index contributed by atoms with van der Waals surface area (Å²) in [7, 11) is 0. The number of rotatable bonds is 2. The van der Waals surface area contributed by atoms with Crippen LogP contribution >= 0.6 is 0 Å². The summed E-state index contributed by atoms with van der Waals surface area (Å²) in [6.45, 7) is 1.01. The molecule has 1 aromatic rings. The number of phenolic OH excluding ortho intramolecular Hbond substituents is 1. The largest absolute Gasteiger partial charge is 0.508 e. The lowest BCUT2D eigenvalue weighted by molar-refractivity contribution is -0.0956. The molecule has 3 atom stereocenters. The average Bonchev–Trinajstić information content (AvgIpc) is 2.42. The molecule has 3 rings (SSSR count). The summed E-state index contributed by atoms with van der Waals surface area (Å²) in [4.78, 5) is 0. The highest BCUT2D eigenvalue weighted by Crippen LogP contribution is 2.41. The van der Waals surface area contributed by atoms with E-state index in [4.69, 9.17) is 0 Å². The molecule has 1 heterocycles. The van der Waals surface area contributed by atoms with Gasteiger partial charge in [0.15, 0.2) is 0 Å². The van der Waals surface area contributed by atoms with E-state index < -0.39 is 5.60 Å². The Labute approximate surface area is 114 Å². The smallest absolute Gasteiger partial charge is 0.115 e. The van der Waals surface area contributed by atoms with Gasteiger partial charge in [0.05, 0.1) is 5.60 Å². The molecule has 1 aliphatic carbocycles. The number of fused-ring (bicyclic) bond motifs is 1. The minimum atomic E-state index is -0.533. The second kappa shape index (κ2) is 5.14. The Morgan fingerprint density at radius 1 is 1.16 bits per heavy atom. The number of phenols is 1. The van der Waals surface area contributed by atoms with Gasteiger partial charge in [-0.1, -0.05) is 25.0 Å². The van der Waals surface area contributed by atoms with E-state index in [0.29, 0.717) is 11.7 Å². The van der Waals surface area contributed by atoms with E-state index in [1.807, 2.05) is 12.1 Å². The lowest BCUT2D eigenvalue weighted by Gasteiger charge is -2.49. The Morgan fingerprint density at radius 2 is 1.95 bits per heavy atom. The molecule has 2 fully saturated rings. The minimum absolute atomic E-state index is 0.149. The van der Waals surface area contributed by atoms with Crippen LogP contribution in [0.15, 0.2) is 24.3 Å². The molecule has 3 unspecified atom stereocenters. The number of hydrogen-bond donors (Lipinski definition) is 3. The summed E-state index contributed by atoms with van der Waals surface area (Å²) >= 11 is 0. The van der Waals surface area contributed by atoms with Crippen molar-refractivity contribution in [2.75, 3.05) is 6.54 Å². The van der Waals surface area contributed by atoms with Gasteiger partial charge < -0.3 is 15.5 Å². The van der Waals surface area contributed by atoms with Crippen LogP contribution in [0.5, 0.6) is 5.75 Å². The molecular weight excluding hydrogens is 238 g/mol. The number of benzene rings is 1. The predicted molar refractivity (Wildman–Crippen MR) is 75.1 cm³/mol. The van der Waals surface area contributed by atoms with Crippen molar-refractivity contribution in [2.24, 2.45) is 5.92 Å². The maximum absolute atomic E-state index is 11.1. The van der Waals surface area contributed by atoms with E-state index >= 15 is 0 Å². The van der Waals surface area contributed by atoms with Crippen LogP contribution in [0.3, 0.4) is 0 Å². The first-order valence-electron chi connectivity index (χ1n) is 7.42. The Balaban J connectivity index is 1.77. The molecule has 1 aliphatic heterocycles. The van der Waals surface area contributed by atoms with Gasteiger partial charge in [-0.2, -0.15) is 0 Å². The molecule has 0 aromatic heterocycles. The molecule has 19 heavy (non-hydrogen) atoms. The number of aromatic hydroxyl groups is 1. The third kappa shape index (κ3) is 2.49. The third-order valence-corrected chi connectivity index (χ3v) is 4.95. The zero-order chi connectivity index (χ0) is 13.3. The number of piperidine rings is 1. The van der Waals surface area contributed by atoms with Crippen LogP contribution in [0.2, 0.25) is 0 Å². The molecule has 1 saturated carbocycles.